The monoisotopic (exact) mass is 149 g/mol. The Morgan fingerprint density at radius 2 is 2.27 bits per heavy atom. The van der Waals surface area contributed by atoms with Gasteiger partial charge in [0.1, 0.15) is 11.5 Å². The minimum absolute atomic E-state index is 0.477. The minimum atomic E-state index is 0.477. The lowest BCUT2D eigenvalue weighted by Crippen LogP contribution is -1.89. The quantitative estimate of drug-likeness (QED) is 0.443. The van der Waals surface area contributed by atoms with Crippen LogP contribution < -0.4 is 0 Å². The van der Waals surface area contributed by atoms with Crippen LogP contribution in [-0.4, -0.2) is 16.0 Å². The molecule has 1 aromatic rings. The molecule has 0 amide bonds. The largest absolute Gasteiger partial charge is 0.240 e. The molecule has 1 aromatic heterocycles. The van der Waals surface area contributed by atoms with E-state index in [4.69, 9.17) is 0 Å². The van der Waals surface area contributed by atoms with Gasteiger partial charge in [0, 0.05) is 0 Å². The number of rotatable bonds is 1. The van der Waals surface area contributed by atoms with Gasteiger partial charge in [-0.25, -0.2) is 14.8 Å². The summed E-state index contributed by atoms with van der Waals surface area (Å²) < 4.78 is 0. The molecular weight excluding hydrogens is 142 g/mol. The summed E-state index contributed by atoms with van der Waals surface area (Å²) >= 11 is 0. The van der Waals surface area contributed by atoms with Gasteiger partial charge in [0.05, 0.1) is 11.9 Å². The van der Waals surface area contributed by atoms with Crippen molar-refractivity contribution in [1.29, 1.82) is 0 Å². The molecule has 1 rings (SSSR count). The highest BCUT2D eigenvalue weighted by Crippen LogP contribution is 2.12. The van der Waals surface area contributed by atoms with Gasteiger partial charge in [0.25, 0.3) is 0 Å². The van der Waals surface area contributed by atoms with Crippen LogP contribution in [0.2, 0.25) is 0 Å². The molecule has 0 unspecified atom stereocenters. The number of aromatic nitrogens is 2. The standard InChI is InChI=1S/C7H7N3O/c1-5-7(9-4-11)3-8-6(2)10-5/h3H,1-2H3. The Bertz CT molecular complexity index is 315. The van der Waals surface area contributed by atoms with E-state index in [1.54, 1.807) is 13.8 Å². The highest BCUT2D eigenvalue weighted by molar-refractivity contribution is 5.49. The van der Waals surface area contributed by atoms with Gasteiger partial charge in [0.2, 0.25) is 6.08 Å². The maximum absolute atomic E-state index is 9.86. The van der Waals surface area contributed by atoms with Crippen molar-refractivity contribution in [1.82, 2.24) is 9.97 Å². The molecular formula is C7H7N3O. The van der Waals surface area contributed by atoms with Crippen molar-refractivity contribution in [2.24, 2.45) is 4.99 Å². The Hall–Kier alpha value is -1.54. The Balaban J connectivity index is 3.19. The minimum Gasteiger partial charge on any atom is -0.239 e. The zero-order valence-corrected chi connectivity index (χ0v) is 6.33. The summed E-state index contributed by atoms with van der Waals surface area (Å²) in [5, 5.41) is 0. The maximum atomic E-state index is 9.86. The summed E-state index contributed by atoms with van der Waals surface area (Å²) in [4.78, 5) is 21.2. The Morgan fingerprint density at radius 3 is 2.82 bits per heavy atom. The zero-order chi connectivity index (χ0) is 8.27. The maximum Gasteiger partial charge on any atom is 0.240 e. The molecule has 0 saturated carbocycles. The zero-order valence-electron chi connectivity index (χ0n) is 6.33. The SMILES string of the molecule is Cc1ncc(N=C=O)c(C)n1. The van der Waals surface area contributed by atoms with E-state index in [9.17, 15) is 4.79 Å². The van der Waals surface area contributed by atoms with Crippen molar-refractivity contribution in [2.45, 2.75) is 13.8 Å². The van der Waals surface area contributed by atoms with Gasteiger partial charge in [-0.1, -0.05) is 0 Å². The smallest absolute Gasteiger partial charge is 0.239 e. The van der Waals surface area contributed by atoms with Gasteiger partial charge in [-0.05, 0) is 13.8 Å². The molecule has 0 bridgehead atoms. The molecule has 0 aliphatic heterocycles. The third-order valence-electron chi connectivity index (χ3n) is 1.24. The van der Waals surface area contributed by atoms with Gasteiger partial charge in [-0.15, -0.1) is 0 Å². The highest BCUT2D eigenvalue weighted by atomic mass is 16.1. The first-order chi connectivity index (χ1) is 5.24. The number of aliphatic imine (C=N–C) groups is 1. The van der Waals surface area contributed by atoms with Crippen molar-refractivity contribution >= 4 is 11.8 Å². The second-order valence-corrected chi connectivity index (χ2v) is 2.09. The predicted octanol–water partition coefficient (Wildman–Crippen LogP) is 1.06. The normalized spacial score (nSPS) is 8.91. The molecule has 56 valence electrons. The van der Waals surface area contributed by atoms with Crippen molar-refractivity contribution in [3.63, 3.8) is 0 Å². The van der Waals surface area contributed by atoms with E-state index in [1.807, 2.05) is 0 Å². The van der Waals surface area contributed by atoms with E-state index < -0.39 is 0 Å². The molecule has 0 fully saturated rings. The molecule has 0 radical (unpaired) electrons. The van der Waals surface area contributed by atoms with Crippen LogP contribution in [0.4, 0.5) is 5.69 Å². The van der Waals surface area contributed by atoms with Gasteiger partial charge in [-0.3, -0.25) is 0 Å². The van der Waals surface area contributed by atoms with E-state index in [0.717, 1.165) is 0 Å². The number of hydrogen-bond acceptors (Lipinski definition) is 4. The number of aryl methyl sites for hydroxylation is 2. The summed E-state index contributed by atoms with van der Waals surface area (Å²) in [6, 6.07) is 0. The third-order valence-corrected chi connectivity index (χ3v) is 1.24. The average molecular weight is 149 g/mol. The lowest BCUT2D eigenvalue weighted by Gasteiger charge is -1.95. The van der Waals surface area contributed by atoms with E-state index in [2.05, 4.69) is 15.0 Å². The first-order valence-corrected chi connectivity index (χ1v) is 3.12. The summed E-state index contributed by atoms with van der Waals surface area (Å²) in [6.45, 7) is 3.55. The fourth-order valence-corrected chi connectivity index (χ4v) is 0.736. The van der Waals surface area contributed by atoms with Gasteiger partial charge >= 0.3 is 0 Å². The van der Waals surface area contributed by atoms with Crippen LogP contribution in [0, 0.1) is 13.8 Å². The van der Waals surface area contributed by atoms with Crippen LogP contribution in [0.25, 0.3) is 0 Å². The van der Waals surface area contributed by atoms with Gasteiger partial charge in [-0.2, -0.15) is 4.99 Å². The van der Waals surface area contributed by atoms with Crippen LogP contribution in [-0.2, 0) is 4.79 Å². The van der Waals surface area contributed by atoms with Gasteiger partial charge < -0.3 is 0 Å². The molecule has 1 heterocycles. The summed E-state index contributed by atoms with van der Waals surface area (Å²) in [5.74, 6) is 0.673. The molecule has 0 N–H and O–H groups in total. The van der Waals surface area contributed by atoms with Crippen LogP contribution in [0.3, 0.4) is 0 Å². The van der Waals surface area contributed by atoms with Crippen LogP contribution >= 0.6 is 0 Å². The van der Waals surface area contributed by atoms with E-state index >= 15 is 0 Å². The first kappa shape index (κ1) is 7.57. The van der Waals surface area contributed by atoms with Crippen molar-refractivity contribution in [3.05, 3.63) is 17.7 Å². The predicted molar refractivity (Wildman–Crippen MR) is 39.3 cm³/mol. The van der Waals surface area contributed by atoms with Crippen molar-refractivity contribution in [3.8, 4) is 0 Å². The molecule has 11 heavy (non-hydrogen) atoms. The fraction of sp³-hybridized carbons (Fsp3) is 0.286. The lowest BCUT2D eigenvalue weighted by atomic mass is 10.4. The average Bonchev–Trinajstić information content (AvgIpc) is 1.95. The molecule has 4 nitrogen and oxygen atoms in total. The molecule has 0 aliphatic rings. The Kier molecular flexibility index (Phi) is 2.09. The number of isocyanates is 1. The number of carbonyl (C=O) groups excluding carboxylic acids is 1. The van der Waals surface area contributed by atoms with Crippen LogP contribution in [0.5, 0.6) is 0 Å². The molecule has 0 spiro atoms. The molecule has 0 aromatic carbocycles. The molecule has 0 saturated heterocycles. The molecule has 0 atom stereocenters. The first-order valence-electron chi connectivity index (χ1n) is 3.12. The van der Waals surface area contributed by atoms with Gasteiger partial charge in [0.15, 0.2) is 0 Å². The second-order valence-electron chi connectivity index (χ2n) is 2.09. The topological polar surface area (TPSA) is 55.2 Å². The summed E-state index contributed by atoms with van der Waals surface area (Å²) in [6.07, 6.45) is 2.94. The van der Waals surface area contributed by atoms with Crippen molar-refractivity contribution < 1.29 is 4.79 Å². The molecule has 0 aliphatic carbocycles. The summed E-state index contributed by atoms with van der Waals surface area (Å²) in [7, 11) is 0. The Labute approximate surface area is 64.0 Å². The fourth-order valence-electron chi connectivity index (χ4n) is 0.736. The lowest BCUT2D eigenvalue weighted by molar-refractivity contribution is 0.565. The van der Waals surface area contributed by atoms with Crippen LogP contribution in [0.15, 0.2) is 11.2 Å². The van der Waals surface area contributed by atoms with E-state index in [-0.39, 0.29) is 0 Å². The second kappa shape index (κ2) is 3.03. The third kappa shape index (κ3) is 1.69. The van der Waals surface area contributed by atoms with E-state index in [1.165, 1.54) is 12.3 Å². The number of nitrogens with zero attached hydrogens (tertiary/aromatic N) is 3. The van der Waals surface area contributed by atoms with E-state index in [0.29, 0.717) is 17.2 Å². The number of hydrogen-bond donors (Lipinski definition) is 0. The molecule has 4 heteroatoms. The summed E-state index contributed by atoms with van der Waals surface area (Å²) in [5.41, 5.74) is 1.17. The Morgan fingerprint density at radius 1 is 1.55 bits per heavy atom. The van der Waals surface area contributed by atoms with Crippen molar-refractivity contribution in [2.75, 3.05) is 0 Å². The van der Waals surface area contributed by atoms with Crippen LogP contribution in [0.1, 0.15) is 11.5 Å². The highest BCUT2D eigenvalue weighted by Gasteiger charge is 1.97.